The molecule has 1 atom stereocenters. The van der Waals surface area contributed by atoms with Gasteiger partial charge >= 0.3 is 5.97 Å². The Kier molecular flexibility index (Phi) is 3.47. The number of hydrogen-bond acceptors (Lipinski definition) is 6. The molecule has 0 aromatic rings. The number of aliphatic imine (C=N–C) groups is 1. The number of fused-ring (bicyclic) bond motifs is 1. The van der Waals surface area contributed by atoms with Crippen molar-refractivity contribution in [1.82, 2.24) is 4.90 Å². The zero-order chi connectivity index (χ0) is 13.1. The molecule has 6 heteroatoms. The molecule has 2 heterocycles. The highest BCUT2D eigenvalue weighted by molar-refractivity contribution is 6.00. The third-order valence-corrected chi connectivity index (χ3v) is 2.56. The van der Waals surface area contributed by atoms with Gasteiger partial charge in [0.1, 0.15) is 17.2 Å². The van der Waals surface area contributed by atoms with Crippen molar-refractivity contribution in [2.24, 2.45) is 4.99 Å². The first kappa shape index (κ1) is 12.4. The summed E-state index contributed by atoms with van der Waals surface area (Å²) in [5.74, 6) is 0.572. The number of rotatable bonds is 3. The minimum atomic E-state index is -1.09. The summed E-state index contributed by atoms with van der Waals surface area (Å²) in [6.45, 7) is 1.96. The molecule has 18 heavy (non-hydrogen) atoms. The smallest absolute Gasteiger partial charge is 0.340 e. The van der Waals surface area contributed by atoms with Crippen molar-refractivity contribution < 1.29 is 19.4 Å². The summed E-state index contributed by atoms with van der Waals surface area (Å²) in [4.78, 5) is 17.2. The first-order valence-corrected chi connectivity index (χ1v) is 5.52. The van der Waals surface area contributed by atoms with Crippen molar-refractivity contribution in [1.29, 1.82) is 0 Å². The summed E-state index contributed by atoms with van der Waals surface area (Å²) >= 11 is 0. The van der Waals surface area contributed by atoms with Crippen LogP contribution in [0.5, 0.6) is 0 Å². The summed E-state index contributed by atoms with van der Waals surface area (Å²) in [6.07, 6.45) is 5.17. The van der Waals surface area contributed by atoms with Crippen molar-refractivity contribution in [3.63, 3.8) is 0 Å². The van der Waals surface area contributed by atoms with Gasteiger partial charge in [0.15, 0.2) is 6.23 Å². The Balaban J connectivity index is 2.27. The number of allylic oxidation sites excluding steroid dienone is 1. The molecule has 6 nitrogen and oxygen atoms in total. The van der Waals surface area contributed by atoms with E-state index in [9.17, 15) is 9.90 Å². The molecule has 0 aromatic carbocycles. The number of methoxy groups -OCH3 is 1. The molecular weight excluding hydrogens is 236 g/mol. The number of aliphatic hydroxyl groups excluding tert-OH is 1. The number of hydrogen-bond donors (Lipinski definition) is 1. The number of esters is 1. The summed E-state index contributed by atoms with van der Waals surface area (Å²) < 4.78 is 9.91. The molecule has 96 valence electrons. The van der Waals surface area contributed by atoms with Gasteiger partial charge in [0, 0.05) is 18.5 Å². The maximum Gasteiger partial charge on any atom is 0.340 e. The number of carbonyl (C=O) groups excluding carboxylic acids is 1. The highest BCUT2D eigenvalue weighted by atomic mass is 16.5. The number of ether oxygens (including phenoxy) is 2. The molecule has 0 unspecified atom stereocenters. The van der Waals surface area contributed by atoms with Crippen LogP contribution in [0.25, 0.3) is 0 Å². The molecule has 0 aliphatic carbocycles. The second-order valence-corrected chi connectivity index (χ2v) is 3.64. The van der Waals surface area contributed by atoms with Crippen LogP contribution in [0.4, 0.5) is 0 Å². The molecule has 2 aliphatic rings. The summed E-state index contributed by atoms with van der Waals surface area (Å²) in [7, 11) is 1.55. The molecule has 0 aromatic heterocycles. The molecule has 2 aliphatic heterocycles. The fourth-order valence-electron chi connectivity index (χ4n) is 1.64. The van der Waals surface area contributed by atoms with Crippen molar-refractivity contribution in [2.45, 2.75) is 13.2 Å². The fourth-order valence-corrected chi connectivity index (χ4v) is 1.64. The van der Waals surface area contributed by atoms with E-state index in [-0.39, 0.29) is 12.2 Å². The number of nitrogens with zero attached hydrogens (tertiary/aromatic N) is 2. The summed E-state index contributed by atoms with van der Waals surface area (Å²) in [5, 5.41) is 10.1. The van der Waals surface area contributed by atoms with Crippen molar-refractivity contribution in [3.05, 3.63) is 35.9 Å². The first-order valence-electron chi connectivity index (χ1n) is 5.52. The normalized spacial score (nSPS) is 21.6. The van der Waals surface area contributed by atoms with E-state index in [1.807, 2.05) is 0 Å². The lowest BCUT2D eigenvalue weighted by Crippen LogP contribution is -2.42. The SMILES string of the molecule is CCOC(=O)C1=CN=C2C=C(OC)C=CN2[C@H]1O. The van der Waals surface area contributed by atoms with Gasteiger partial charge in [0.05, 0.1) is 13.7 Å². The van der Waals surface area contributed by atoms with Crippen molar-refractivity contribution in [3.8, 4) is 0 Å². The van der Waals surface area contributed by atoms with Crippen LogP contribution in [0.15, 0.2) is 40.9 Å². The Morgan fingerprint density at radius 1 is 1.61 bits per heavy atom. The van der Waals surface area contributed by atoms with Crippen LogP contribution < -0.4 is 0 Å². The predicted molar refractivity (Wildman–Crippen MR) is 64.2 cm³/mol. The molecule has 2 rings (SSSR count). The Labute approximate surface area is 105 Å². The minimum Gasteiger partial charge on any atom is -0.497 e. The predicted octanol–water partition coefficient (Wildman–Crippen LogP) is 0.524. The lowest BCUT2D eigenvalue weighted by Gasteiger charge is -2.31. The average Bonchev–Trinajstić information content (AvgIpc) is 2.38. The van der Waals surface area contributed by atoms with Gasteiger partial charge in [-0.25, -0.2) is 9.79 Å². The second kappa shape index (κ2) is 5.05. The first-order chi connectivity index (χ1) is 8.67. The topological polar surface area (TPSA) is 71.4 Å². The third kappa shape index (κ3) is 2.14. The van der Waals surface area contributed by atoms with Gasteiger partial charge in [-0.1, -0.05) is 0 Å². The Morgan fingerprint density at radius 2 is 2.39 bits per heavy atom. The standard InChI is InChI=1S/C12H14N2O4/c1-3-18-12(16)9-7-13-10-6-8(17-2)4-5-14(10)11(9)15/h4-7,11,15H,3H2,1-2H3/t11-/m0/s1. The van der Waals surface area contributed by atoms with Gasteiger partial charge in [-0.05, 0) is 13.0 Å². The molecule has 0 spiro atoms. The van der Waals surface area contributed by atoms with Crippen LogP contribution in [-0.2, 0) is 14.3 Å². The van der Waals surface area contributed by atoms with E-state index in [2.05, 4.69) is 4.99 Å². The van der Waals surface area contributed by atoms with Crippen LogP contribution in [0.1, 0.15) is 6.92 Å². The van der Waals surface area contributed by atoms with Gasteiger partial charge < -0.3 is 19.5 Å². The number of amidine groups is 1. The zero-order valence-electron chi connectivity index (χ0n) is 10.2. The Morgan fingerprint density at radius 3 is 3.06 bits per heavy atom. The minimum absolute atomic E-state index is 0.111. The number of carbonyl (C=O) groups is 1. The Hall–Kier alpha value is -2.08. The maximum absolute atomic E-state index is 11.6. The molecule has 0 fully saturated rings. The van der Waals surface area contributed by atoms with Crippen molar-refractivity contribution in [2.75, 3.05) is 13.7 Å². The molecule has 0 bridgehead atoms. The largest absolute Gasteiger partial charge is 0.497 e. The third-order valence-electron chi connectivity index (χ3n) is 2.56. The molecule has 0 amide bonds. The molecule has 0 saturated carbocycles. The lowest BCUT2D eigenvalue weighted by molar-refractivity contribution is -0.140. The van der Waals surface area contributed by atoms with E-state index >= 15 is 0 Å². The fraction of sp³-hybridized carbons (Fsp3) is 0.333. The highest BCUT2D eigenvalue weighted by Crippen LogP contribution is 2.21. The van der Waals surface area contributed by atoms with E-state index < -0.39 is 12.2 Å². The van der Waals surface area contributed by atoms with Gasteiger partial charge in [-0.3, -0.25) is 0 Å². The van der Waals surface area contributed by atoms with Gasteiger partial charge in [-0.2, -0.15) is 0 Å². The monoisotopic (exact) mass is 250 g/mol. The quantitative estimate of drug-likeness (QED) is 0.739. The van der Waals surface area contributed by atoms with Crippen LogP contribution in [0.3, 0.4) is 0 Å². The number of aliphatic hydroxyl groups is 1. The van der Waals surface area contributed by atoms with Crippen LogP contribution in [-0.4, -0.2) is 41.8 Å². The lowest BCUT2D eigenvalue weighted by atomic mass is 10.1. The van der Waals surface area contributed by atoms with E-state index in [0.29, 0.717) is 11.6 Å². The van der Waals surface area contributed by atoms with Crippen LogP contribution in [0, 0.1) is 0 Å². The summed E-state index contributed by atoms with van der Waals surface area (Å²) in [5.41, 5.74) is 0.111. The van der Waals surface area contributed by atoms with E-state index in [0.717, 1.165) is 0 Å². The van der Waals surface area contributed by atoms with Gasteiger partial charge in [0.25, 0.3) is 0 Å². The van der Waals surface area contributed by atoms with Gasteiger partial charge in [0.2, 0.25) is 0 Å². The molecule has 1 N–H and O–H groups in total. The maximum atomic E-state index is 11.6. The Bertz CT molecular complexity index is 476. The molecular formula is C12H14N2O4. The van der Waals surface area contributed by atoms with E-state index in [1.165, 1.54) is 11.1 Å². The highest BCUT2D eigenvalue weighted by Gasteiger charge is 2.30. The summed E-state index contributed by atoms with van der Waals surface area (Å²) in [6, 6.07) is 0. The van der Waals surface area contributed by atoms with E-state index in [4.69, 9.17) is 9.47 Å². The van der Waals surface area contributed by atoms with Crippen LogP contribution in [0.2, 0.25) is 0 Å². The van der Waals surface area contributed by atoms with Crippen LogP contribution >= 0.6 is 0 Å². The zero-order valence-corrected chi connectivity index (χ0v) is 10.2. The average molecular weight is 250 g/mol. The second-order valence-electron chi connectivity index (χ2n) is 3.64. The van der Waals surface area contributed by atoms with Crippen molar-refractivity contribution >= 4 is 11.8 Å². The molecule has 0 radical (unpaired) electrons. The van der Waals surface area contributed by atoms with Gasteiger partial charge in [-0.15, -0.1) is 0 Å². The molecule has 0 saturated heterocycles. The van der Waals surface area contributed by atoms with E-state index in [1.54, 1.807) is 32.4 Å².